The fourth-order valence-corrected chi connectivity index (χ4v) is 3.09. The van der Waals surface area contributed by atoms with Crippen molar-refractivity contribution in [3.8, 4) is 0 Å². The number of nitrogens with zero attached hydrogens (tertiary/aromatic N) is 2. The lowest BCUT2D eigenvalue weighted by Crippen LogP contribution is -2.50. The molecule has 0 radical (unpaired) electrons. The number of ether oxygens (including phenoxy) is 1. The van der Waals surface area contributed by atoms with Gasteiger partial charge in [0.2, 0.25) is 5.91 Å². The summed E-state index contributed by atoms with van der Waals surface area (Å²) >= 11 is 0. The molecule has 5 nitrogen and oxygen atoms in total. The molecular weight excluding hydrogens is 287 g/mol. The second kappa shape index (κ2) is 6.62. The summed E-state index contributed by atoms with van der Waals surface area (Å²) in [6, 6.07) is 5.05. The van der Waals surface area contributed by atoms with E-state index < -0.39 is 0 Å². The van der Waals surface area contributed by atoms with E-state index in [9.17, 15) is 9.18 Å². The first kappa shape index (κ1) is 15.2. The van der Waals surface area contributed by atoms with Gasteiger partial charge in [-0.1, -0.05) is 12.1 Å². The van der Waals surface area contributed by atoms with Gasteiger partial charge in [-0.05, 0) is 12.5 Å². The molecule has 0 saturated carbocycles. The third-order valence-electron chi connectivity index (χ3n) is 4.44. The lowest BCUT2D eigenvalue weighted by atomic mass is 10.1. The summed E-state index contributed by atoms with van der Waals surface area (Å²) in [7, 11) is 0. The predicted molar refractivity (Wildman–Crippen MR) is 80.0 cm³/mol. The Hall–Kier alpha value is -1.66. The van der Waals surface area contributed by atoms with Crippen molar-refractivity contribution in [2.24, 2.45) is 5.92 Å². The summed E-state index contributed by atoms with van der Waals surface area (Å²) in [6.45, 7) is 3.27. The fourth-order valence-electron chi connectivity index (χ4n) is 3.09. The smallest absolute Gasteiger partial charge is 0.228 e. The Morgan fingerprint density at radius 3 is 2.73 bits per heavy atom. The van der Waals surface area contributed by atoms with Crippen LogP contribution < -0.4 is 4.90 Å². The lowest BCUT2D eigenvalue weighted by molar-refractivity contribution is -0.135. The van der Waals surface area contributed by atoms with E-state index in [0.29, 0.717) is 50.6 Å². The van der Waals surface area contributed by atoms with E-state index >= 15 is 0 Å². The van der Waals surface area contributed by atoms with Gasteiger partial charge in [-0.3, -0.25) is 4.79 Å². The topological polar surface area (TPSA) is 53.0 Å². The molecule has 1 N–H and O–H groups in total. The number of hydrogen-bond donors (Lipinski definition) is 1. The molecule has 1 unspecified atom stereocenters. The molecule has 0 spiro atoms. The van der Waals surface area contributed by atoms with Crippen LogP contribution >= 0.6 is 0 Å². The highest BCUT2D eigenvalue weighted by molar-refractivity contribution is 5.79. The van der Waals surface area contributed by atoms with E-state index in [1.54, 1.807) is 18.2 Å². The molecule has 0 bridgehead atoms. The molecular formula is C16H21FN2O3. The van der Waals surface area contributed by atoms with Gasteiger partial charge in [-0.25, -0.2) is 4.39 Å². The molecule has 2 saturated heterocycles. The van der Waals surface area contributed by atoms with Gasteiger partial charge in [-0.2, -0.15) is 0 Å². The molecule has 0 aliphatic carbocycles. The second-order valence-corrected chi connectivity index (χ2v) is 5.78. The van der Waals surface area contributed by atoms with Crippen molar-refractivity contribution in [2.45, 2.75) is 13.0 Å². The molecule has 2 aliphatic heterocycles. The van der Waals surface area contributed by atoms with Crippen LogP contribution in [0.25, 0.3) is 0 Å². The van der Waals surface area contributed by atoms with E-state index in [0.717, 1.165) is 6.42 Å². The molecule has 2 fully saturated rings. The summed E-state index contributed by atoms with van der Waals surface area (Å²) in [5.74, 6) is -0.225. The summed E-state index contributed by atoms with van der Waals surface area (Å²) < 4.78 is 19.5. The van der Waals surface area contributed by atoms with Gasteiger partial charge in [0, 0.05) is 38.3 Å². The highest BCUT2D eigenvalue weighted by atomic mass is 19.1. The first-order valence-electron chi connectivity index (χ1n) is 7.70. The monoisotopic (exact) mass is 308 g/mol. The summed E-state index contributed by atoms with van der Waals surface area (Å²) in [5.41, 5.74) is 0.807. The third kappa shape index (κ3) is 2.94. The highest BCUT2D eigenvalue weighted by Crippen LogP contribution is 2.24. The Labute approximate surface area is 129 Å². The minimum atomic E-state index is -0.367. The number of benzene rings is 1. The number of aliphatic hydroxyl groups excluding tert-OH is 1. The van der Waals surface area contributed by atoms with E-state index in [-0.39, 0.29) is 24.2 Å². The van der Waals surface area contributed by atoms with Crippen LogP contribution in [0.5, 0.6) is 0 Å². The number of rotatable bonds is 3. The zero-order valence-electron chi connectivity index (χ0n) is 12.5. The highest BCUT2D eigenvalue weighted by Gasteiger charge is 2.30. The normalized spacial score (nSPS) is 22.2. The van der Waals surface area contributed by atoms with Gasteiger partial charge in [0.15, 0.2) is 5.82 Å². The number of anilines is 1. The molecule has 2 heterocycles. The molecule has 1 atom stereocenters. The largest absolute Gasteiger partial charge is 0.392 e. The van der Waals surface area contributed by atoms with Crippen molar-refractivity contribution in [3.05, 3.63) is 29.6 Å². The quantitative estimate of drug-likeness (QED) is 0.905. The van der Waals surface area contributed by atoms with Crippen molar-refractivity contribution in [1.82, 2.24) is 4.90 Å². The number of carbonyl (C=O) groups is 1. The molecule has 1 aromatic rings. The standard InChI is InChI=1S/C16H21FN2O3/c17-15-12(10-20)2-1-3-14(15)18-5-7-19(8-6-18)16(21)13-4-9-22-11-13/h1-3,13,20H,4-11H2. The summed E-state index contributed by atoms with van der Waals surface area (Å²) in [4.78, 5) is 16.1. The van der Waals surface area contributed by atoms with Crippen LogP contribution in [0.1, 0.15) is 12.0 Å². The average molecular weight is 308 g/mol. The van der Waals surface area contributed by atoms with Crippen LogP contribution in [0.3, 0.4) is 0 Å². The maximum Gasteiger partial charge on any atom is 0.228 e. The van der Waals surface area contributed by atoms with Crippen molar-refractivity contribution >= 4 is 11.6 Å². The summed E-state index contributed by atoms with van der Waals surface area (Å²) in [5, 5.41) is 9.15. The molecule has 2 aliphatic rings. The zero-order chi connectivity index (χ0) is 15.5. The Kier molecular flexibility index (Phi) is 4.59. The maximum absolute atomic E-state index is 14.3. The first-order chi connectivity index (χ1) is 10.7. The van der Waals surface area contributed by atoms with E-state index in [4.69, 9.17) is 9.84 Å². The van der Waals surface area contributed by atoms with Crippen molar-refractivity contribution in [2.75, 3.05) is 44.3 Å². The van der Waals surface area contributed by atoms with Gasteiger partial charge in [0.05, 0.1) is 24.8 Å². The minimum absolute atomic E-state index is 0.0130. The molecule has 3 rings (SSSR count). The van der Waals surface area contributed by atoms with Gasteiger partial charge < -0.3 is 19.6 Å². The lowest BCUT2D eigenvalue weighted by Gasteiger charge is -2.37. The van der Waals surface area contributed by atoms with Crippen LogP contribution in [0, 0.1) is 11.7 Å². The van der Waals surface area contributed by atoms with E-state index in [2.05, 4.69) is 0 Å². The minimum Gasteiger partial charge on any atom is -0.392 e. The Morgan fingerprint density at radius 2 is 2.09 bits per heavy atom. The molecule has 1 aromatic carbocycles. The van der Waals surface area contributed by atoms with Gasteiger partial charge in [0.25, 0.3) is 0 Å². The SMILES string of the molecule is O=C(C1CCOC1)N1CCN(c2cccc(CO)c2F)CC1. The number of carbonyl (C=O) groups excluding carboxylic acids is 1. The molecule has 6 heteroatoms. The van der Waals surface area contributed by atoms with Crippen molar-refractivity contribution in [1.29, 1.82) is 0 Å². The molecule has 22 heavy (non-hydrogen) atoms. The molecule has 120 valence electrons. The third-order valence-corrected chi connectivity index (χ3v) is 4.44. The summed E-state index contributed by atoms with van der Waals surface area (Å²) in [6.07, 6.45) is 0.798. The predicted octanol–water partition coefficient (Wildman–Crippen LogP) is 1.00. The zero-order valence-corrected chi connectivity index (χ0v) is 12.5. The Balaban J connectivity index is 1.63. The molecule has 0 aromatic heterocycles. The molecule has 1 amide bonds. The fraction of sp³-hybridized carbons (Fsp3) is 0.562. The number of halogens is 1. The van der Waals surface area contributed by atoms with Gasteiger partial charge >= 0.3 is 0 Å². The van der Waals surface area contributed by atoms with Crippen LogP contribution in [0.2, 0.25) is 0 Å². The second-order valence-electron chi connectivity index (χ2n) is 5.78. The number of hydrogen-bond acceptors (Lipinski definition) is 4. The first-order valence-corrected chi connectivity index (χ1v) is 7.70. The van der Waals surface area contributed by atoms with Crippen LogP contribution in [0.15, 0.2) is 18.2 Å². The van der Waals surface area contributed by atoms with Crippen LogP contribution in [-0.2, 0) is 16.1 Å². The van der Waals surface area contributed by atoms with Crippen molar-refractivity contribution < 1.29 is 19.0 Å². The Bertz CT molecular complexity index is 538. The van der Waals surface area contributed by atoms with Crippen LogP contribution in [-0.4, -0.2) is 55.3 Å². The number of piperazine rings is 1. The van der Waals surface area contributed by atoms with Gasteiger partial charge in [-0.15, -0.1) is 0 Å². The average Bonchev–Trinajstić information content (AvgIpc) is 3.09. The van der Waals surface area contributed by atoms with Crippen LogP contribution in [0.4, 0.5) is 10.1 Å². The number of amides is 1. The number of aliphatic hydroxyl groups is 1. The Morgan fingerprint density at radius 1 is 1.32 bits per heavy atom. The van der Waals surface area contributed by atoms with Gasteiger partial charge in [0.1, 0.15) is 0 Å². The van der Waals surface area contributed by atoms with E-state index in [1.807, 2.05) is 9.80 Å². The maximum atomic E-state index is 14.3. The van der Waals surface area contributed by atoms with Crippen molar-refractivity contribution in [3.63, 3.8) is 0 Å². The van der Waals surface area contributed by atoms with E-state index in [1.165, 1.54) is 0 Å².